The van der Waals surface area contributed by atoms with Crippen LogP contribution in [0.15, 0.2) is 24.5 Å². The molecule has 1 atom stereocenters. The Labute approximate surface area is 177 Å². The van der Waals surface area contributed by atoms with Gasteiger partial charge in [0.05, 0.1) is 11.6 Å². The lowest BCUT2D eigenvalue weighted by Crippen LogP contribution is -2.52. The maximum absolute atomic E-state index is 12.5. The molecule has 0 bridgehead atoms. The van der Waals surface area contributed by atoms with E-state index in [-0.39, 0.29) is 12.1 Å². The Morgan fingerprint density at radius 3 is 2.63 bits per heavy atom. The standard InChI is InChI=1S/C22H30N6O2/c29-22(23-15-18-4-3-13-30-18)28-11-9-26(10-12-28)17-5-6-20-19(14-17)21(25-16-24-20)27-7-1-2-8-27/h5-6,14,16,18H,1-4,7-13,15H2,(H,23,29). The second-order valence-corrected chi connectivity index (χ2v) is 8.39. The molecule has 5 rings (SSSR count). The smallest absolute Gasteiger partial charge is 0.317 e. The number of hydrogen-bond donors (Lipinski definition) is 1. The van der Waals surface area contributed by atoms with Crippen LogP contribution in [-0.4, -0.2) is 79.4 Å². The minimum absolute atomic E-state index is 0.0216. The van der Waals surface area contributed by atoms with Gasteiger partial charge in [-0.1, -0.05) is 0 Å². The Morgan fingerprint density at radius 1 is 1.03 bits per heavy atom. The fourth-order valence-electron chi connectivity index (χ4n) is 4.69. The third-order valence-corrected chi connectivity index (χ3v) is 6.44. The molecule has 3 aliphatic rings. The predicted molar refractivity (Wildman–Crippen MR) is 117 cm³/mol. The molecular formula is C22H30N6O2. The van der Waals surface area contributed by atoms with Crippen LogP contribution in [0, 0.1) is 0 Å². The number of amides is 2. The molecule has 30 heavy (non-hydrogen) atoms. The lowest BCUT2D eigenvalue weighted by Gasteiger charge is -2.36. The van der Waals surface area contributed by atoms with E-state index >= 15 is 0 Å². The van der Waals surface area contributed by atoms with E-state index in [4.69, 9.17) is 4.74 Å². The first-order chi connectivity index (χ1) is 14.8. The number of aromatic nitrogens is 2. The highest BCUT2D eigenvalue weighted by Crippen LogP contribution is 2.30. The van der Waals surface area contributed by atoms with Crippen LogP contribution in [0.25, 0.3) is 10.9 Å². The highest BCUT2D eigenvalue weighted by Gasteiger charge is 2.24. The number of ether oxygens (including phenoxy) is 1. The molecule has 0 saturated carbocycles. The highest BCUT2D eigenvalue weighted by molar-refractivity contribution is 5.92. The topological polar surface area (TPSA) is 73.8 Å². The molecule has 8 heteroatoms. The highest BCUT2D eigenvalue weighted by atomic mass is 16.5. The first-order valence-electron chi connectivity index (χ1n) is 11.2. The van der Waals surface area contributed by atoms with Crippen LogP contribution in [-0.2, 0) is 4.74 Å². The number of urea groups is 1. The summed E-state index contributed by atoms with van der Waals surface area (Å²) in [5, 5.41) is 4.15. The monoisotopic (exact) mass is 410 g/mol. The van der Waals surface area contributed by atoms with Crippen LogP contribution >= 0.6 is 0 Å². The number of benzene rings is 1. The third kappa shape index (κ3) is 4.01. The maximum atomic E-state index is 12.5. The summed E-state index contributed by atoms with van der Waals surface area (Å²) in [6.45, 7) is 6.65. The Hall–Kier alpha value is -2.61. The number of carbonyl (C=O) groups is 1. The molecule has 1 N–H and O–H groups in total. The zero-order valence-electron chi connectivity index (χ0n) is 17.4. The van der Waals surface area contributed by atoms with E-state index in [9.17, 15) is 4.79 Å². The number of piperazine rings is 1. The van der Waals surface area contributed by atoms with Gasteiger partial charge < -0.3 is 24.8 Å². The Bertz CT molecular complexity index is 886. The third-order valence-electron chi connectivity index (χ3n) is 6.44. The number of carbonyl (C=O) groups excluding carboxylic acids is 1. The number of nitrogens with one attached hydrogen (secondary N) is 1. The Balaban J connectivity index is 1.23. The summed E-state index contributed by atoms with van der Waals surface area (Å²) in [6.07, 6.45) is 6.43. The molecule has 0 aliphatic carbocycles. The lowest BCUT2D eigenvalue weighted by atomic mass is 10.1. The second-order valence-electron chi connectivity index (χ2n) is 8.39. The number of rotatable bonds is 4. The predicted octanol–water partition coefficient (Wildman–Crippen LogP) is 2.24. The Morgan fingerprint density at radius 2 is 1.87 bits per heavy atom. The summed E-state index contributed by atoms with van der Waals surface area (Å²) in [6, 6.07) is 6.47. The molecule has 4 heterocycles. The van der Waals surface area contributed by atoms with Gasteiger partial charge in [-0.05, 0) is 43.9 Å². The normalized spacial score (nSPS) is 22.1. The maximum Gasteiger partial charge on any atom is 0.317 e. The van der Waals surface area contributed by atoms with Gasteiger partial charge in [0.2, 0.25) is 0 Å². The van der Waals surface area contributed by atoms with Crippen molar-refractivity contribution in [1.82, 2.24) is 20.2 Å². The van der Waals surface area contributed by atoms with Crippen molar-refractivity contribution in [2.45, 2.75) is 31.8 Å². The molecule has 8 nitrogen and oxygen atoms in total. The van der Waals surface area contributed by atoms with Crippen molar-refractivity contribution in [3.63, 3.8) is 0 Å². The summed E-state index contributed by atoms with van der Waals surface area (Å²) in [5.41, 5.74) is 2.17. The van der Waals surface area contributed by atoms with Gasteiger partial charge in [0.15, 0.2) is 0 Å². The van der Waals surface area contributed by atoms with Crippen molar-refractivity contribution in [3.8, 4) is 0 Å². The first-order valence-corrected chi connectivity index (χ1v) is 11.2. The van der Waals surface area contributed by atoms with Gasteiger partial charge in [-0.3, -0.25) is 0 Å². The number of anilines is 2. The van der Waals surface area contributed by atoms with Crippen molar-refractivity contribution in [1.29, 1.82) is 0 Å². The SMILES string of the molecule is O=C(NCC1CCCO1)N1CCN(c2ccc3ncnc(N4CCCC4)c3c2)CC1. The molecule has 2 amide bonds. The van der Waals surface area contributed by atoms with Crippen LogP contribution in [0.3, 0.4) is 0 Å². The van der Waals surface area contributed by atoms with Crippen LogP contribution < -0.4 is 15.1 Å². The molecule has 3 aliphatic heterocycles. The van der Waals surface area contributed by atoms with Crippen molar-refractivity contribution in [3.05, 3.63) is 24.5 Å². The van der Waals surface area contributed by atoms with Crippen molar-refractivity contribution in [2.75, 3.05) is 62.2 Å². The minimum atomic E-state index is 0.0216. The number of hydrogen-bond acceptors (Lipinski definition) is 6. The summed E-state index contributed by atoms with van der Waals surface area (Å²) >= 11 is 0. The largest absolute Gasteiger partial charge is 0.376 e. The molecule has 1 unspecified atom stereocenters. The summed E-state index contributed by atoms with van der Waals surface area (Å²) in [5.74, 6) is 1.05. The van der Waals surface area contributed by atoms with Crippen LogP contribution in [0.5, 0.6) is 0 Å². The van der Waals surface area contributed by atoms with Crippen LogP contribution in [0.1, 0.15) is 25.7 Å². The fourth-order valence-corrected chi connectivity index (χ4v) is 4.69. The average molecular weight is 411 g/mol. The Kier molecular flexibility index (Phi) is 5.57. The summed E-state index contributed by atoms with van der Waals surface area (Å²) < 4.78 is 5.59. The molecule has 0 spiro atoms. The molecule has 0 radical (unpaired) electrons. The van der Waals surface area contributed by atoms with Crippen LogP contribution in [0.2, 0.25) is 0 Å². The van der Waals surface area contributed by atoms with Gasteiger partial charge in [-0.25, -0.2) is 14.8 Å². The van der Waals surface area contributed by atoms with Crippen LogP contribution in [0.4, 0.5) is 16.3 Å². The van der Waals surface area contributed by atoms with Gasteiger partial charge in [0.25, 0.3) is 0 Å². The zero-order valence-corrected chi connectivity index (χ0v) is 17.4. The van der Waals surface area contributed by atoms with E-state index in [1.807, 2.05) is 4.90 Å². The van der Waals surface area contributed by atoms with Gasteiger partial charge in [-0.2, -0.15) is 0 Å². The number of nitrogens with zero attached hydrogens (tertiary/aromatic N) is 5. The average Bonchev–Trinajstić information content (AvgIpc) is 3.51. The van der Waals surface area contributed by atoms with Gasteiger partial charge >= 0.3 is 6.03 Å². The van der Waals surface area contributed by atoms with E-state index in [1.165, 1.54) is 18.5 Å². The van der Waals surface area contributed by atoms with Gasteiger partial charge in [0.1, 0.15) is 12.1 Å². The number of fused-ring (bicyclic) bond motifs is 1. The van der Waals surface area contributed by atoms with Crippen molar-refractivity contribution < 1.29 is 9.53 Å². The fraction of sp³-hybridized carbons (Fsp3) is 0.591. The molecule has 1 aromatic carbocycles. The lowest BCUT2D eigenvalue weighted by molar-refractivity contribution is 0.108. The van der Waals surface area contributed by atoms with Crippen molar-refractivity contribution >= 4 is 28.4 Å². The summed E-state index contributed by atoms with van der Waals surface area (Å²) in [4.78, 5) is 28.2. The van der Waals surface area contributed by atoms with E-state index in [0.29, 0.717) is 6.54 Å². The zero-order chi connectivity index (χ0) is 20.3. The molecule has 3 saturated heterocycles. The summed E-state index contributed by atoms with van der Waals surface area (Å²) in [7, 11) is 0. The van der Waals surface area contributed by atoms with Gasteiger partial charge in [0, 0.05) is 63.5 Å². The van der Waals surface area contributed by atoms with Gasteiger partial charge in [-0.15, -0.1) is 0 Å². The molecule has 2 aromatic rings. The molecular weight excluding hydrogens is 380 g/mol. The van der Waals surface area contributed by atoms with E-state index in [2.05, 4.69) is 43.3 Å². The quantitative estimate of drug-likeness (QED) is 0.833. The van der Waals surface area contributed by atoms with Crippen molar-refractivity contribution in [2.24, 2.45) is 0 Å². The van der Waals surface area contributed by atoms with E-state index in [0.717, 1.165) is 75.4 Å². The minimum Gasteiger partial charge on any atom is -0.376 e. The van der Waals surface area contributed by atoms with E-state index in [1.54, 1.807) is 6.33 Å². The molecule has 3 fully saturated rings. The van der Waals surface area contributed by atoms with E-state index < -0.39 is 0 Å². The molecule has 1 aromatic heterocycles. The first kappa shape index (κ1) is 19.4. The molecule has 160 valence electrons. The second kappa shape index (κ2) is 8.63.